The maximum absolute atomic E-state index is 11.2. The summed E-state index contributed by atoms with van der Waals surface area (Å²) in [6.45, 7) is 4.40. The van der Waals surface area contributed by atoms with Crippen molar-refractivity contribution in [2.45, 2.75) is 20.5 Å². The first-order chi connectivity index (χ1) is 10.0. The molecule has 1 amide bonds. The van der Waals surface area contributed by atoms with Gasteiger partial charge in [-0.15, -0.1) is 0 Å². The molecule has 0 saturated heterocycles. The van der Waals surface area contributed by atoms with Crippen LogP contribution < -0.4 is 15.2 Å². The Morgan fingerprint density at radius 2 is 1.86 bits per heavy atom. The lowest BCUT2D eigenvalue weighted by Gasteiger charge is -2.12. The normalized spacial score (nSPS) is 10.2. The molecule has 4 heteroatoms. The lowest BCUT2D eigenvalue weighted by molar-refractivity contribution is 0.1000. The maximum atomic E-state index is 11.2. The van der Waals surface area contributed by atoms with E-state index in [1.807, 2.05) is 25.1 Å². The molecule has 0 spiro atoms. The fraction of sp³-hybridized carbons (Fsp3) is 0.235. The number of carbonyl (C=O) groups is 1. The van der Waals surface area contributed by atoms with Gasteiger partial charge >= 0.3 is 0 Å². The Hall–Kier alpha value is -2.49. The predicted octanol–water partition coefficient (Wildman–Crippen LogP) is 2.99. The van der Waals surface area contributed by atoms with E-state index >= 15 is 0 Å². The standard InChI is InChI=1S/C17H19NO3/c1-11-4-6-15(8-12(11)2)21-10-14-9-13(17(18)19)5-7-16(14)20-3/h4-9H,10H2,1-3H3,(H2,18,19). The van der Waals surface area contributed by atoms with Crippen LogP contribution in [-0.2, 0) is 6.61 Å². The van der Waals surface area contributed by atoms with Gasteiger partial charge in [0.1, 0.15) is 18.1 Å². The van der Waals surface area contributed by atoms with Crippen molar-refractivity contribution in [3.8, 4) is 11.5 Å². The van der Waals surface area contributed by atoms with Crippen molar-refractivity contribution in [2.24, 2.45) is 5.73 Å². The quantitative estimate of drug-likeness (QED) is 0.918. The summed E-state index contributed by atoms with van der Waals surface area (Å²) in [6, 6.07) is 11.0. The van der Waals surface area contributed by atoms with Gasteiger partial charge in [-0.3, -0.25) is 4.79 Å². The van der Waals surface area contributed by atoms with E-state index in [-0.39, 0.29) is 0 Å². The first kappa shape index (κ1) is 14.9. The average Bonchev–Trinajstić information content (AvgIpc) is 2.48. The molecule has 0 aliphatic rings. The Balaban J connectivity index is 2.19. The zero-order chi connectivity index (χ0) is 15.4. The first-order valence-electron chi connectivity index (χ1n) is 6.68. The van der Waals surface area contributed by atoms with E-state index in [0.29, 0.717) is 17.9 Å². The highest BCUT2D eigenvalue weighted by molar-refractivity contribution is 5.93. The summed E-state index contributed by atoms with van der Waals surface area (Å²) in [7, 11) is 1.58. The molecule has 2 aromatic carbocycles. The van der Waals surface area contributed by atoms with Crippen molar-refractivity contribution in [3.63, 3.8) is 0 Å². The molecule has 21 heavy (non-hydrogen) atoms. The molecular weight excluding hydrogens is 266 g/mol. The molecule has 0 radical (unpaired) electrons. The summed E-state index contributed by atoms with van der Waals surface area (Å²) in [6.07, 6.45) is 0. The Morgan fingerprint density at radius 3 is 2.48 bits per heavy atom. The third-order valence-corrected chi connectivity index (χ3v) is 3.44. The molecule has 2 N–H and O–H groups in total. The van der Waals surface area contributed by atoms with E-state index in [1.54, 1.807) is 25.3 Å². The van der Waals surface area contributed by atoms with Crippen molar-refractivity contribution >= 4 is 5.91 Å². The highest BCUT2D eigenvalue weighted by Gasteiger charge is 2.09. The third kappa shape index (κ3) is 3.54. The molecule has 4 nitrogen and oxygen atoms in total. The van der Waals surface area contributed by atoms with Gasteiger partial charge < -0.3 is 15.2 Å². The van der Waals surface area contributed by atoms with Gasteiger partial charge in [0, 0.05) is 11.1 Å². The first-order valence-corrected chi connectivity index (χ1v) is 6.68. The van der Waals surface area contributed by atoms with E-state index in [2.05, 4.69) is 6.92 Å². The van der Waals surface area contributed by atoms with Crippen LogP contribution in [0.1, 0.15) is 27.0 Å². The van der Waals surface area contributed by atoms with Crippen LogP contribution in [0, 0.1) is 13.8 Å². The fourth-order valence-electron chi connectivity index (χ4n) is 2.01. The molecule has 0 bridgehead atoms. The fourth-order valence-corrected chi connectivity index (χ4v) is 2.01. The van der Waals surface area contributed by atoms with Crippen molar-refractivity contribution < 1.29 is 14.3 Å². The molecule has 0 unspecified atom stereocenters. The molecular formula is C17H19NO3. The molecule has 0 atom stereocenters. The molecule has 110 valence electrons. The highest BCUT2D eigenvalue weighted by atomic mass is 16.5. The SMILES string of the molecule is COc1ccc(C(N)=O)cc1COc1ccc(C)c(C)c1. The number of primary amides is 1. The largest absolute Gasteiger partial charge is 0.496 e. The van der Waals surface area contributed by atoms with Crippen LogP contribution in [-0.4, -0.2) is 13.0 Å². The molecule has 0 heterocycles. The van der Waals surface area contributed by atoms with E-state index in [9.17, 15) is 4.79 Å². The second-order valence-electron chi connectivity index (χ2n) is 4.93. The van der Waals surface area contributed by atoms with Crippen LogP contribution in [0.25, 0.3) is 0 Å². The minimum atomic E-state index is -0.468. The number of rotatable bonds is 5. The summed E-state index contributed by atoms with van der Waals surface area (Å²) in [5.41, 5.74) is 8.91. The number of hydrogen-bond acceptors (Lipinski definition) is 3. The smallest absolute Gasteiger partial charge is 0.248 e. The molecule has 2 aromatic rings. The highest BCUT2D eigenvalue weighted by Crippen LogP contribution is 2.23. The number of aryl methyl sites for hydroxylation is 2. The van der Waals surface area contributed by atoms with Gasteiger partial charge in [-0.05, 0) is 55.3 Å². The summed E-state index contributed by atoms with van der Waals surface area (Å²) < 4.78 is 11.1. The molecule has 0 saturated carbocycles. The van der Waals surface area contributed by atoms with E-state index in [0.717, 1.165) is 11.3 Å². The Kier molecular flexibility index (Phi) is 4.48. The van der Waals surface area contributed by atoms with Crippen LogP contribution in [0.5, 0.6) is 11.5 Å². The summed E-state index contributed by atoms with van der Waals surface area (Å²) in [5.74, 6) is 0.985. The minimum absolute atomic E-state index is 0.312. The Bertz CT molecular complexity index is 665. The lowest BCUT2D eigenvalue weighted by atomic mass is 10.1. The number of nitrogens with two attached hydrogens (primary N) is 1. The van der Waals surface area contributed by atoms with Gasteiger partial charge in [-0.1, -0.05) is 6.07 Å². The topological polar surface area (TPSA) is 61.5 Å². The molecule has 0 aliphatic heterocycles. The number of methoxy groups -OCH3 is 1. The maximum Gasteiger partial charge on any atom is 0.248 e. The second kappa shape index (κ2) is 6.31. The van der Waals surface area contributed by atoms with Gasteiger partial charge in [-0.25, -0.2) is 0 Å². The van der Waals surface area contributed by atoms with Crippen LogP contribution in [0.2, 0.25) is 0 Å². The molecule has 0 fully saturated rings. The Morgan fingerprint density at radius 1 is 1.10 bits per heavy atom. The second-order valence-corrected chi connectivity index (χ2v) is 4.93. The van der Waals surface area contributed by atoms with Gasteiger partial charge in [0.25, 0.3) is 0 Å². The van der Waals surface area contributed by atoms with Gasteiger partial charge in [0.15, 0.2) is 0 Å². The Labute approximate surface area is 124 Å². The lowest BCUT2D eigenvalue weighted by Crippen LogP contribution is -2.12. The van der Waals surface area contributed by atoms with Gasteiger partial charge in [0.2, 0.25) is 5.91 Å². The monoisotopic (exact) mass is 285 g/mol. The number of hydrogen-bond donors (Lipinski definition) is 1. The average molecular weight is 285 g/mol. The van der Waals surface area contributed by atoms with E-state index in [4.69, 9.17) is 15.2 Å². The number of benzene rings is 2. The van der Waals surface area contributed by atoms with Crippen molar-refractivity contribution in [2.75, 3.05) is 7.11 Å². The van der Waals surface area contributed by atoms with Crippen molar-refractivity contribution in [1.82, 2.24) is 0 Å². The molecule has 0 aromatic heterocycles. The van der Waals surface area contributed by atoms with Gasteiger partial charge in [0.05, 0.1) is 7.11 Å². The summed E-state index contributed by atoms with van der Waals surface area (Å²) >= 11 is 0. The van der Waals surface area contributed by atoms with E-state index < -0.39 is 5.91 Å². The van der Waals surface area contributed by atoms with Gasteiger partial charge in [-0.2, -0.15) is 0 Å². The van der Waals surface area contributed by atoms with Crippen molar-refractivity contribution in [3.05, 3.63) is 58.7 Å². The third-order valence-electron chi connectivity index (χ3n) is 3.44. The molecule has 2 rings (SSSR count). The summed E-state index contributed by atoms with van der Waals surface area (Å²) in [4.78, 5) is 11.2. The predicted molar refractivity (Wildman–Crippen MR) is 81.8 cm³/mol. The van der Waals surface area contributed by atoms with Crippen LogP contribution in [0.4, 0.5) is 0 Å². The zero-order valence-corrected chi connectivity index (χ0v) is 12.5. The van der Waals surface area contributed by atoms with Crippen molar-refractivity contribution in [1.29, 1.82) is 0 Å². The summed E-state index contributed by atoms with van der Waals surface area (Å²) in [5, 5.41) is 0. The number of amides is 1. The van der Waals surface area contributed by atoms with Crippen LogP contribution in [0.15, 0.2) is 36.4 Å². The number of ether oxygens (including phenoxy) is 2. The molecule has 0 aliphatic carbocycles. The zero-order valence-electron chi connectivity index (χ0n) is 12.5. The number of carbonyl (C=O) groups excluding carboxylic acids is 1. The van der Waals surface area contributed by atoms with E-state index in [1.165, 1.54) is 11.1 Å². The minimum Gasteiger partial charge on any atom is -0.496 e. The van der Waals surface area contributed by atoms with Crippen LogP contribution >= 0.6 is 0 Å². The van der Waals surface area contributed by atoms with Crippen LogP contribution in [0.3, 0.4) is 0 Å².